The Morgan fingerprint density at radius 3 is 2.60 bits per heavy atom. The fraction of sp³-hybridized carbons (Fsp3) is 0.429. The second kappa shape index (κ2) is 10.1. The molecule has 1 heterocycles. The van der Waals surface area contributed by atoms with Crippen LogP contribution in [0.4, 0.5) is 17.1 Å². The summed E-state index contributed by atoms with van der Waals surface area (Å²) >= 11 is 1.91. The number of methoxy groups -OCH3 is 1. The highest BCUT2D eigenvalue weighted by Gasteiger charge is 2.36. The Morgan fingerprint density at radius 1 is 1.13 bits per heavy atom. The predicted octanol–water partition coefficient (Wildman–Crippen LogP) is 1.19. The third kappa shape index (κ3) is 4.98. The van der Waals surface area contributed by atoms with Crippen LogP contribution in [0.25, 0.3) is 0 Å². The van der Waals surface area contributed by atoms with Crippen LogP contribution in [0.5, 0.6) is 5.75 Å². The predicted molar refractivity (Wildman–Crippen MR) is 122 cm³/mol. The number of fused-ring (bicyclic) bond motifs is 1. The van der Waals surface area contributed by atoms with Crippen LogP contribution in [0.2, 0.25) is 0 Å². The lowest BCUT2D eigenvalue weighted by molar-refractivity contribution is -0.169. The Morgan fingerprint density at radius 2 is 1.90 bits per heavy atom. The Bertz CT molecular complexity index is 854. The van der Waals surface area contributed by atoms with Gasteiger partial charge in [0.1, 0.15) is 18.0 Å². The summed E-state index contributed by atoms with van der Waals surface area (Å²) in [6.07, 6.45) is -4.75. The molecule has 0 aromatic heterocycles. The fourth-order valence-corrected chi connectivity index (χ4v) is 4.31. The number of aliphatic hydroxyl groups is 4. The Labute approximate surface area is 189 Å². The van der Waals surface area contributed by atoms with Crippen molar-refractivity contribution < 1.29 is 29.9 Å². The van der Waals surface area contributed by atoms with Crippen molar-refractivity contribution >= 4 is 39.7 Å². The zero-order valence-electron chi connectivity index (χ0n) is 16.6. The van der Waals surface area contributed by atoms with Gasteiger partial charge in [0, 0.05) is 36.8 Å². The zero-order chi connectivity index (χ0) is 21.8. The van der Waals surface area contributed by atoms with E-state index in [1.807, 2.05) is 46.9 Å². The van der Waals surface area contributed by atoms with Crippen molar-refractivity contribution in [3.63, 3.8) is 0 Å². The molecule has 164 valence electrons. The van der Waals surface area contributed by atoms with Crippen molar-refractivity contribution in [3.8, 4) is 5.75 Å². The molecule has 0 bridgehead atoms. The molecule has 3 unspecified atom stereocenters. The van der Waals surface area contributed by atoms with Gasteiger partial charge in [-0.15, -0.1) is 0 Å². The first-order valence-electron chi connectivity index (χ1n) is 9.60. The lowest BCUT2D eigenvalue weighted by Gasteiger charge is -2.30. The van der Waals surface area contributed by atoms with E-state index < -0.39 is 28.5 Å². The average molecular weight is 530 g/mol. The molecule has 2 aromatic carbocycles. The van der Waals surface area contributed by atoms with Crippen LogP contribution in [0.1, 0.15) is 5.56 Å². The molecule has 1 aliphatic rings. The minimum Gasteiger partial charge on any atom is -0.462 e. The Kier molecular flexibility index (Phi) is 7.77. The number of ether oxygens (including phenoxy) is 2. The molecule has 2 aromatic rings. The van der Waals surface area contributed by atoms with Gasteiger partial charge in [0.2, 0.25) is 6.29 Å². The second-order valence-electron chi connectivity index (χ2n) is 7.18. The molecular weight excluding hydrogens is 503 g/mol. The SMILES string of the molecule is CO[C@H](C(I)CO)C(O)C(O)[C@H](O)Oc1cccc(N2CCc3cc(N)ccc32)c1. The summed E-state index contributed by atoms with van der Waals surface area (Å²) in [6, 6.07) is 12.9. The summed E-state index contributed by atoms with van der Waals surface area (Å²) < 4.78 is 10.2. The summed E-state index contributed by atoms with van der Waals surface area (Å²) in [5, 5.41) is 40.2. The van der Waals surface area contributed by atoms with Crippen molar-refractivity contribution in [3.05, 3.63) is 48.0 Å². The molecular formula is C21H27IN2O6. The number of alkyl halides is 1. The summed E-state index contributed by atoms with van der Waals surface area (Å²) in [7, 11) is 1.36. The van der Waals surface area contributed by atoms with E-state index in [2.05, 4.69) is 4.90 Å². The average Bonchev–Trinajstić information content (AvgIpc) is 3.16. The van der Waals surface area contributed by atoms with Gasteiger partial charge in [-0.2, -0.15) is 0 Å². The highest BCUT2D eigenvalue weighted by molar-refractivity contribution is 14.1. The van der Waals surface area contributed by atoms with Crippen LogP contribution in [0, 0.1) is 0 Å². The first-order valence-corrected chi connectivity index (χ1v) is 10.8. The van der Waals surface area contributed by atoms with E-state index in [1.165, 1.54) is 12.7 Å². The Balaban J connectivity index is 1.71. The molecule has 30 heavy (non-hydrogen) atoms. The number of nitrogens with two attached hydrogens (primary N) is 1. The summed E-state index contributed by atoms with van der Waals surface area (Å²) in [5.74, 6) is 0.345. The third-order valence-electron chi connectivity index (χ3n) is 5.17. The maximum atomic E-state index is 10.3. The van der Waals surface area contributed by atoms with E-state index in [0.29, 0.717) is 5.75 Å². The smallest absolute Gasteiger partial charge is 0.226 e. The van der Waals surface area contributed by atoms with Gasteiger partial charge in [-0.3, -0.25) is 0 Å². The van der Waals surface area contributed by atoms with Crippen molar-refractivity contribution in [2.75, 3.05) is 30.9 Å². The summed E-state index contributed by atoms with van der Waals surface area (Å²) in [6.45, 7) is 0.546. The number of hydrogen-bond acceptors (Lipinski definition) is 8. The molecule has 0 saturated carbocycles. The van der Waals surface area contributed by atoms with Gasteiger partial charge in [0.15, 0.2) is 0 Å². The van der Waals surface area contributed by atoms with Crippen LogP contribution < -0.4 is 15.4 Å². The van der Waals surface area contributed by atoms with Gasteiger partial charge in [-0.1, -0.05) is 28.7 Å². The van der Waals surface area contributed by atoms with E-state index in [0.717, 1.165) is 30.0 Å². The molecule has 0 radical (unpaired) electrons. The molecule has 3 rings (SSSR count). The van der Waals surface area contributed by atoms with E-state index in [9.17, 15) is 20.4 Å². The van der Waals surface area contributed by atoms with Gasteiger partial charge in [-0.05, 0) is 42.3 Å². The van der Waals surface area contributed by atoms with Gasteiger partial charge in [0.25, 0.3) is 0 Å². The first-order chi connectivity index (χ1) is 14.3. The molecule has 1 aliphatic heterocycles. The van der Waals surface area contributed by atoms with Crippen molar-refractivity contribution in [2.24, 2.45) is 0 Å². The van der Waals surface area contributed by atoms with E-state index in [4.69, 9.17) is 15.2 Å². The summed E-state index contributed by atoms with van der Waals surface area (Å²) in [4.78, 5) is 2.13. The van der Waals surface area contributed by atoms with E-state index in [-0.39, 0.29) is 6.61 Å². The molecule has 6 N–H and O–H groups in total. The molecule has 0 aliphatic carbocycles. The highest BCUT2D eigenvalue weighted by atomic mass is 127. The van der Waals surface area contributed by atoms with Crippen LogP contribution in [-0.4, -0.2) is 69.2 Å². The largest absolute Gasteiger partial charge is 0.462 e. The monoisotopic (exact) mass is 530 g/mol. The number of hydrogen-bond donors (Lipinski definition) is 5. The van der Waals surface area contributed by atoms with Crippen LogP contribution in [0.15, 0.2) is 42.5 Å². The second-order valence-corrected chi connectivity index (χ2v) is 8.78. The minimum atomic E-state index is -1.68. The number of aliphatic hydroxyl groups excluding tert-OH is 4. The van der Waals surface area contributed by atoms with Crippen molar-refractivity contribution in [1.82, 2.24) is 0 Å². The lowest BCUT2D eigenvalue weighted by Crippen LogP contribution is -2.50. The standard InChI is InChI=1S/C21H27IN2O6/c1-29-20(16(22)11-25)18(26)19(27)21(28)30-15-4-2-3-14(10-15)24-8-7-12-9-13(23)5-6-17(12)24/h2-6,9-10,16,18-21,25-28H,7-8,11,23H2,1H3/t16?,18?,19?,20-,21-/m1/s1. The van der Waals surface area contributed by atoms with Crippen molar-refractivity contribution in [2.45, 2.75) is 34.9 Å². The minimum absolute atomic E-state index is 0.245. The van der Waals surface area contributed by atoms with Crippen molar-refractivity contribution in [1.29, 1.82) is 0 Å². The normalized spacial score (nSPS) is 18.4. The molecule has 0 spiro atoms. The van der Waals surface area contributed by atoms with Crippen LogP contribution in [0.3, 0.4) is 0 Å². The molecule has 0 amide bonds. The number of nitrogens with zero attached hydrogens (tertiary/aromatic N) is 1. The number of anilines is 3. The van der Waals surface area contributed by atoms with Crippen LogP contribution >= 0.6 is 22.6 Å². The zero-order valence-corrected chi connectivity index (χ0v) is 18.7. The van der Waals surface area contributed by atoms with Gasteiger partial charge in [0.05, 0.1) is 16.6 Å². The maximum Gasteiger partial charge on any atom is 0.226 e. The maximum absolute atomic E-state index is 10.3. The topological polar surface area (TPSA) is 129 Å². The number of rotatable bonds is 9. The number of nitrogen functional groups attached to an aromatic ring is 1. The third-order valence-corrected chi connectivity index (χ3v) is 6.27. The molecule has 0 saturated heterocycles. The highest BCUT2D eigenvalue weighted by Crippen LogP contribution is 2.36. The Hall–Kier alpha value is -1.63. The van der Waals surface area contributed by atoms with Gasteiger partial charge in [-0.25, -0.2) is 0 Å². The first kappa shape index (κ1) is 23.0. The molecule has 0 fully saturated rings. The van der Waals surface area contributed by atoms with E-state index >= 15 is 0 Å². The number of halogens is 1. The quantitative estimate of drug-likeness (QED) is 0.142. The van der Waals surface area contributed by atoms with E-state index in [1.54, 1.807) is 18.2 Å². The van der Waals surface area contributed by atoms with Gasteiger partial charge < -0.3 is 40.5 Å². The van der Waals surface area contributed by atoms with Crippen LogP contribution in [-0.2, 0) is 11.2 Å². The molecule has 8 nitrogen and oxygen atoms in total. The van der Waals surface area contributed by atoms with Gasteiger partial charge >= 0.3 is 0 Å². The fourth-order valence-electron chi connectivity index (χ4n) is 3.59. The summed E-state index contributed by atoms with van der Waals surface area (Å²) in [5.41, 5.74) is 9.71. The molecule has 5 atom stereocenters. The lowest BCUT2D eigenvalue weighted by atomic mass is 10.0. The molecule has 9 heteroatoms. The number of benzene rings is 2.